The van der Waals surface area contributed by atoms with E-state index in [0.29, 0.717) is 5.56 Å². The van der Waals surface area contributed by atoms with Crippen molar-refractivity contribution < 1.29 is 14.5 Å². The third-order valence-corrected chi connectivity index (χ3v) is 3.33. The van der Waals surface area contributed by atoms with Crippen LogP contribution in [0, 0.1) is 17.0 Å². The highest BCUT2D eigenvalue weighted by molar-refractivity contribution is 5.87. The van der Waals surface area contributed by atoms with Crippen LogP contribution in [0.4, 0.5) is 5.69 Å². The Morgan fingerprint density at radius 2 is 1.91 bits per heavy atom. The van der Waals surface area contributed by atoms with Gasteiger partial charge in [0.15, 0.2) is 0 Å². The Morgan fingerprint density at radius 3 is 2.57 bits per heavy atom. The lowest BCUT2D eigenvalue weighted by Gasteiger charge is -2.11. The molecule has 0 saturated heterocycles. The Kier molecular flexibility index (Phi) is 5.25. The van der Waals surface area contributed by atoms with Crippen molar-refractivity contribution in [2.45, 2.75) is 20.0 Å². The summed E-state index contributed by atoms with van der Waals surface area (Å²) in [5.74, 6) is -0.496. The van der Waals surface area contributed by atoms with Gasteiger partial charge in [-0.05, 0) is 31.1 Å². The normalized spacial score (nSPS) is 12.1. The van der Waals surface area contributed by atoms with E-state index in [2.05, 4.69) is 0 Å². The summed E-state index contributed by atoms with van der Waals surface area (Å²) in [6.07, 6.45) is 2.45. The van der Waals surface area contributed by atoms with Gasteiger partial charge in [0, 0.05) is 18.2 Å². The average molecular weight is 311 g/mol. The van der Waals surface area contributed by atoms with Crippen molar-refractivity contribution in [3.05, 3.63) is 81.4 Å². The molecule has 0 fully saturated rings. The SMILES string of the molecule is Cc1ccc(/C=C/C(=O)O[C@@H](C)c2cccc([N+](=O)[O-])c2)cc1. The van der Waals surface area contributed by atoms with Gasteiger partial charge in [-0.3, -0.25) is 10.1 Å². The number of benzene rings is 2. The Labute approximate surface area is 134 Å². The van der Waals surface area contributed by atoms with E-state index in [9.17, 15) is 14.9 Å². The number of carbonyl (C=O) groups excluding carboxylic acids is 1. The van der Waals surface area contributed by atoms with Gasteiger partial charge in [0.05, 0.1) is 4.92 Å². The van der Waals surface area contributed by atoms with Crippen LogP contribution in [-0.4, -0.2) is 10.9 Å². The van der Waals surface area contributed by atoms with E-state index in [1.54, 1.807) is 25.1 Å². The van der Waals surface area contributed by atoms with E-state index < -0.39 is 17.0 Å². The van der Waals surface area contributed by atoms with Gasteiger partial charge >= 0.3 is 5.97 Å². The number of aryl methyl sites for hydroxylation is 1. The quantitative estimate of drug-likeness (QED) is 0.359. The lowest BCUT2D eigenvalue weighted by atomic mass is 10.1. The summed E-state index contributed by atoms with van der Waals surface area (Å²) < 4.78 is 5.27. The van der Waals surface area contributed by atoms with E-state index in [0.717, 1.165) is 11.1 Å². The molecule has 0 saturated carbocycles. The monoisotopic (exact) mass is 311 g/mol. The second kappa shape index (κ2) is 7.35. The summed E-state index contributed by atoms with van der Waals surface area (Å²) in [4.78, 5) is 22.1. The van der Waals surface area contributed by atoms with E-state index in [1.807, 2.05) is 31.2 Å². The second-order valence-corrected chi connectivity index (χ2v) is 5.18. The third-order valence-electron chi connectivity index (χ3n) is 3.33. The van der Waals surface area contributed by atoms with Gasteiger partial charge in [0.1, 0.15) is 6.10 Å². The summed E-state index contributed by atoms with van der Waals surface area (Å²) >= 11 is 0. The number of nitro benzene ring substituents is 1. The first-order valence-corrected chi connectivity index (χ1v) is 7.15. The van der Waals surface area contributed by atoms with Gasteiger partial charge in [-0.15, -0.1) is 0 Å². The number of hydrogen-bond acceptors (Lipinski definition) is 4. The summed E-state index contributed by atoms with van der Waals surface area (Å²) in [6, 6.07) is 13.8. The van der Waals surface area contributed by atoms with Crippen LogP contribution >= 0.6 is 0 Å². The van der Waals surface area contributed by atoms with E-state index in [4.69, 9.17) is 4.74 Å². The molecular weight excluding hydrogens is 294 g/mol. The van der Waals surface area contributed by atoms with Crippen LogP contribution in [-0.2, 0) is 9.53 Å². The van der Waals surface area contributed by atoms with Crippen molar-refractivity contribution in [2.75, 3.05) is 0 Å². The molecule has 23 heavy (non-hydrogen) atoms. The van der Waals surface area contributed by atoms with Crippen molar-refractivity contribution in [1.82, 2.24) is 0 Å². The average Bonchev–Trinajstić information content (AvgIpc) is 2.54. The van der Waals surface area contributed by atoms with Crippen molar-refractivity contribution in [2.24, 2.45) is 0 Å². The molecule has 0 unspecified atom stereocenters. The number of carbonyl (C=O) groups is 1. The van der Waals surface area contributed by atoms with Gasteiger partial charge in [-0.2, -0.15) is 0 Å². The molecule has 0 radical (unpaired) electrons. The number of hydrogen-bond donors (Lipinski definition) is 0. The van der Waals surface area contributed by atoms with E-state index in [-0.39, 0.29) is 5.69 Å². The topological polar surface area (TPSA) is 69.4 Å². The highest BCUT2D eigenvalue weighted by Gasteiger charge is 2.13. The number of non-ortho nitro benzene ring substituents is 1. The molecule has 118 valence electrons. The molecule has 1 atom stereocenters. The molecular formula is C18H17NO4. The van der Waals surface area contributed by atoms with Crippen molar-refractivity contribution in [3.63, 3.8) is 0 Å². The number of ether oxygens (including phenoxy) is 1. The summed E-state index contributed by atoms with van der Waals surface area (Å²) in [6.45, 7) is 3.67. The smallest absolute Gasteiger partial charge is 0.331 e. The zero-order valence-electron chi connectivity index (χ0n) is 12.9. The largest absolute Gasteiger partial charge is 0.455 e. The first-order valence-electron chi connectivity index (χ1n) is 7.15. The van der Waals surface area contributed by atoms with E-state index >= 15 is 0 Å². The molecule has 0 bridgehead atoms. The zero-order chi connectivity index (χ0) is 16.8. The molecule has 5 heteroatoms. The van der Waals surface area contributed by atoms with Crippen LogP contribution < -0.4 is 0 Å². The number of esters is 1. The lowest BCUT2D eigenvalue weighted by Crippen LogP contribution is -2.06. The summed E-state index contributed by atoms with van der Waals surface area (Å²) in [7, 11) is 0. The van der Waals surface area contributed by atoms with Crippen molar-refractivity contribution >= 4 is 17.7 Å². The maximum Gasteiger partial charge on any atom is 0.331 e. The molecule has 0 aliphatic rings. The Bertz CT molecular complexity index is 735. The minimum absolute atomic E-state index is 0.0272. The Hall–Kier alpha value is -2.95. The predicted octanol–water partition coefficient (Wildman–Crippen LogP) is 4.22. The van der Waals surface area contributed by atoms with Crippen molar-refractivity contribution in [1.29, 1.82) is 0 Å². The molecule has 5 nitrogen and oxygen atoms in total. The first-order chi connectivity index (χ1) is 11.0. The predicted molar refractivity (Wildman–Crippen MR) is 87.8 cm³/mol. The maximum absolute atomic E-state index is 11.8. The van der Waals surface area contributed by atoms with Crippen LogP contribution in [0.1, 0.15) is 29.7 Å². The van der Waals surface area contributed by atoms with Gasteiger partial charge in [-0.25, -0.2) is 4.79 Å². The van der Waals surface area contributed by atoms with Gasteiger partial charge < -0.3 is 4.74 Å². The second-order valence-electron chi connectivity index (χ2n) is 5.18. The number of nitrogens with zero attached hydrogens (tertiary/aromatic N) is 1. The standard InChI is InChI=1S/C18H17NO4/c1-13-6-8-15(9-7-13)10-11-18(20)23-14(2)16-4-3-5-17(12-16)19(21)22/h3-12,14H,1-2H3/b11-10+/t14-/m0/s1. The number of rotatable bonds is 5. The molecule has 0 aliphatic carbocycles. The van der Waals surface area contributed by atoms with Gasteiger partial charge in [-0.1, -0.05) is 42.0 Å². The third kappa shape index (κ3) is 4.78. The molecule has 0 amide bonds. The Balaban J connectivity index is 2.00. The lowest BCUT2D eigenvalue weighted by molar-refractivity contribution is -0.385. The minimum atomic E-state index is -0.565. The number of nitro groups is 1. The fraction of sp³-hybridized carbons (Fsp3) is 0.167. The fourth-order valence-electron chi connectivity index (χ4n) is 2.01. The molecule has 0 heterocycles. The van der Waals surface area contributed by atoms with Crippen LogP contribution in [0.25, 0.3) is 6.08 Å². The van der Waals surface area contributed by atoms with Gasteiger partial charge in [0.25, 0.3) is 5.69 Å². The minimum Gasteiger partial charge on any atom is -0.455 e. The highest BCUT2D eigenvalue weighted by atomic mass is 16.6. The van der Waals surface area contributed by atoms with Crippen LogP contribution in [0.3, 0.4) is 0 Å². The summed E-state index contributed by atoms with van der Waals surface area (Å²) in [5, 5.41) is 10.8. The Morgan fingerprint density at radius 1 is 1.22 bits per heavy atom. The maximum atomic E-state index is 11.8. The van der Waals surface area contributed by atoms with Crippen molar-refractivity contribution in [3.8, 4) is 0 Å². The van der Waals surface area contributed by atoms with Crippen LogP contribution in [0.2, 0.25) is 0 Å². The first kappa shape index (κ1) is 16.4. The fourth-order valence-corrected chi connectivity index (χ4v) is 2.01. The summed E-state index contributed by atoms with van der Waals surface area (Å²) in [5.41, 5.74) is 2.59. The molecule has 0 N–H and O–H groups in total. The van der Waals surface area contributed by atoms with Crippen LogP contribution in [0.15, 0.2) is 54.6 Å². The molecule has 0 aliphatic heterocycles. The molecule has 2 rings (SSSR count). The van der Waals surface area contributed by atoms with E-state index in [1.165, 1.54) is 18.2 Å². The molecule has 2 aromatic rings. The highest BCUT2D eigenvalue weighted by Crippen LogP contribution is 2.22. The molecule has 0 spiro atoms. The zero-order valence-corrected chi connectivity index (χ0v) is 12.9. The van der Waals surface area contributed by atoms with Crippen LogP contribution in [0.5, 0.6) is 0 Å². The molecule has 0 aromatic heterocycles. The van der Waals surface area contributed by atoms with Gasteiger partial charge in [0.2, 0.25) is 0 Å². The molecule has 2 aromatic carbocycles.